The highest BCUT2D eigenvalue weighted by Crippen LogP contribution is 2.52. The van der Waals surface area contributed by atoms with E-state index in [9.17, 15) is 14.7 Å². The lowest BCUT2D eigenvalue weighted by molar-refractivity contribution is -0.148. The van der Waals surface area contributed by atoms with Gasteiger partial charge in [-0.25, -0.2) is 9.78 Å². The highest BCUT2D eigenvalue weighted by Gasteiger charge is 2.53. The number of aromatic nitrogens is 4. The normalized spacial score (nSPS) is 19.5. The Bertz CT molecular complexity index is 2050. The average Bonchev–Trinajstić information content (AvgIpc) is 3.61. The number of carbonyl (C=O) groups excluding carboxylic acids is 1. The fraction of sp³-hybridized carbons (Fsp3) is 0.257. The molecule has 3 aliphatic rings. The molecule has 2 aliphatic heterocycles. The number of rotatable bonds is 3. The summed E-state index contributed by atoms with van der Waals surface area (Å²) >= 11 is 0. The van der Waals surface area contributed by atoms with Crippen molar-refractivity contribution in [2.75, 3.05) is 7.11 Å². The number of carboxylic acid groups (broad SMARTS) is 1. The fourth-order valence-corrected chi connectivity index (χ4v) is 6.53. The molecule has 3 aromatic heterocycles. The van der Waals surface area contributed by atoms with E-state index in [4.69, 9.17) is 14.7 Å². The topological polar surface area (TPSA) is 121 Å². The van der Waals surface area contributed by atoms with Gasteiger partial charge in [-0.1, -0.05) is 24.8 Å². The van der Waals surface area contributed by atoms with E-state index in [0.29, 0.717) is 11.4 Å². The third-order valence-electron chi connectivity index (χ3n) is 9.52. The number of nitrogens with zero attached hydrogens (tertiary/aromatic N) is 2. The van der Waals surface area contributed by atoms with Gasteiger partial charge in [0.05, 0.1) is 40.9 Å². The Kier molecular flexibility index (Phi) is 6.41. The van der Waals surface area contributed by atoms with Gasteiger partial charge in [0.2, 0.25) is 0 Å². The van der Waals surface area contributed by atoms with Crippen LogP contribution < -0.4 is 0 Å². The van der Waals surface area contributed by atoms with Gasteiger partial charge in [-0.15, -0.1) is 0 Å². The minimum atomic E-state index is -1.18. The van der Waals surface area contributed by atoms with Crippen molar-refractivity contribution < 1.29 is 19.4 Å². The van der Waals surface area contributed by atoms with Crippen molar-refractivity contribution in [2.45, 2.75) is 47.0 Å². The molecule has 0 amide bonds. The summed E-state index contributed by atoms with van der Waals surface area (Å²) < 4.78 is 5.18. The summed E-state index contributed by atoms with van der Waals surface area (Å²) in [5.41, 5.74) is 12.2. The first-order valence-electron chi connectivity index (χ1n) is 14.2. The zero-order chi connectivity index (χ0) is 31.0. The standard InChI is InChI=1S/C35H34N4O4/c1-9-21-20(6)28-13-26-17(3)16(2)24(36-26)12-25-18(4)19(5)27(37-25)14-30-23-11-10-22(33(40)41)32(34(42)43-8)35(23,7)31(39-30)15-29(21)38-28/h9-15,32,37-38H,1H2,2-8H3,(H,40,41). The van der Waals surface area contributed by atoms with Crippen molar-refractivity contribution in [3.63, 3.8) is 0 Å². The molecule has 5 heterocycles. The van der Waals surface area contributed by atoms with Gasteiger partial charge in [0, 0.05) is 27.6 Å². The second-order valence-corrected chi connectivity index (χ2v) is 11.7. The van der Waals surface area contributed by atoms with Crippen LogP contribution in [0.5, 0.6) is 0 Å². The van der Waals surface area contributed by atoms with Gasteiger partial charge in [-0.2, -0.15) is 0 Å². The van der Waals surface area contributed by atoms with Gasteiger partial charge in [-0.3, -0.25) is 9.78 Å². The molecule has 1 aliphatic carbocycles. The van der Waals surface area contributed by atoms with Crippen LogP contribution in [0.25, 0.3) is 44.9 Å². The van der Waals surface area contributed by atoms with Crippen molar-refractivity contribution in [3.05, 3.63) is 93.6 Å². The third-order valence-corrected chi connectivity index (χ3v) is 9.52. The number of allylic oxidation sites excluding steroid dienone is 5. The van der Waals surface area contributed by atoms with Crippen LogP contribution in [0.1, 0.15) is 65.8 Å². The number of carboxylic acids is 1. The minimum absolute atomic E-state index is 0.0422. The number of hydrogen-bond acceptors (Lipinski definition) is 5. The second kappa shape index (κ2) is 9.80. The number of methoxy groups -OCH3 is 1. The number of fused-ring (bicyclic) bond motifs is 11. The predicted octanol–water partition coefficient (Wildman–Crippen LogP) is 6.99. The van der Waals surface area contributed by atoms with Crippen LogP contribution in [0.15, 0.2) is 48.6 Å². The number of esters is 1. The molecule has 8 bridgehead atoms. The largest absolute Gasteiger partial charge is 0.478 e. The molecule has 8 nitrogen and oxygen atoms in total. The van der Waals surface area contributed by atoms with Crippen LogP contribution in [-0.4, -0.2) is 44.1 Å². The first-order valence-corrected chi connectivity index (χ1v) is 14.2. The molecular weight excluding hydrogens is 540 g/mol. The molecule has 8 heteroatoms. The van der Waals surface area contributed by atoms with E-state index in [-0.39, 0.29) is 5.57 Å². The van der Waals surface area contributed by atoms with E-state index >= 15 is 0 Å². The maximum absolute atomic E-state index is 13.3. The monoisotopic (exact) mass is 574 g/mol. The van der Waals surface area contributed by atoms with Gasteiger partial charge < -0.3 is 19.8 Å². The SMILES string of the molecule is C=Cc1c(C)c2cc3nc(cc4[nH]c(cc5nc(cc1[nH]2)C1(C)C5=CC=C(C(=O)O)C1C(=O)OC)c(C)c4C)C(C)=C3C. The number of H-pyrrole nitrogens is 2. The van der Waals surface area contributed by atoms with E-state index in [1.807, 2.05) is 32.0 Å². The van der Waals surface area contributed by atoms with E-state index < -0.39 is 23.3 Å². The summed E-state index contributed by atoms with van der Waals surface area (Å²) in [6, 6.07) is 7.99. The zero-order valence-corrected chi connectivity index (χ0v) is 25.4. The Balaban J connectivity index is 1.81. The van der Waals surface area contributed by atoms with Crippen LogP contribution in [0, 0.1) is 26.7 Å². The van der Waals surface area contributed by atoms with Crippen molar-refractivity contribution >= 4 is 56.8 Å². The van der Waals surface area contributed by atoms with Crippen molar-refractivity contribution in [3.8, 4) is 0 Å². The van der Waals surface area contributed by atoms with E-state index in [0.717, 1.165) is 72.4 Å². The van der Waals surface area contributed by atoms with Gasteiger partial charge in [0.25, 0.3) is 0 Å². The van der Waals surface area contributed by atoms with Gasteiger partial charge in [0.15, 0.2) is 0 Å². The molecule has 6 rings (SSSR count). The van der Waals surface area contributed by atoms with Gasteiger partial charge >= 0.3 is 11.9 Å². The Morgan fingerprint density at radius 2 is 1.42 bits per heavy atom. The first kappa shape index (κ1) is 28.2. The molecule has 0 fully saturated rings. The summed E-state index contributed by atoms with van der Waals surface area (Å²) in [6.07, 6.45) is 5.05. The molecule has 3 aromatic rings. The molecule has 0 spiro atoms. The Labute approximate surface area is 249 Å². The van der Waals surface area contributed by atoms with Crippen LogP contribution in [0.3, 0.4) is 0 Å². The minimum Gasteiger partial charge on any atom is -0.478 e. The molecule has 0 radical (unpaired) electrons. The van der Waals surface area contributed by atoms with E-state index in [1.165, 1.54) is 13.2 Å². The first-order chi connectivity index (χ1) is 20.4. The third kappa shape index (κ3) is 4.04. The van der Waals surface area contributed by atoms with Crippen LogP contribution in [0.2, 0.25) is 0 Å². The van der Waals surface area contributed by atoms with E-state index in [1.54, 1.807) is 12.2 Å². The van der Waals surface area contributed by atoms with Crippen LogP contribution in [0.4, 0.5) is 0 Å². The molecule has 218 valence electrons. The summed E-state index contributed by atoms with van der Waals surface area (Å²) in [4.78, 5) is 42.9. The quantitative estimate of drug-likeness (QED) is 0.290. The van der Waals surface area contributed by atoms with Crippen molar-refractivity contribution in [1.82, 2.24) is 19.9 Å². The second-order valence-electron chi connectivity index (χ2n) is 11.7. The lowest BCUT2D eigenvalue weighted by Gasteiger charge is -2.36. The molecule has 0 saturated carbocycles. The number of nitrogens with one attached hydrogen (secondary N) is 2. The zero-order valence-electron chi connectivity index (χ0n) is 25.4. The summed E-state index contributed by atoms with van der Waals surface area (Å²) in [5, 5.41) is 10.1. The molecular formula is C35H34N4O4. The number of hydrogen-bond donors (Lipinski definition) is 3. The number of carbonyl (C=O) groups is 2. The summed E-state index contributed by atoms with van der Waals surface area (Å²) in [5.74, 6) is -2.92. The fourth-order valence-electron chi connectivity index (χ4n) is 6.53. The number of aryl methyl sites for hydroxylation is 3. The molecule has 43 heavy (non-hydrogen) atoms. The Morgan fingerprint density at radius 1 is 0.860 bits per heavy atom. The predicted molar refractivity (Wildman–Crippen MR) is 170 cm³/mol. The van der Waals surface area contributed by atoms with Gasteiger partial charge in [-0.05, 0) is 99.2 Å². The van der Waals surface area contributed by atoms with Crippen LogP contribution in [-0.2, 0) is 19.7 Å². The molecule has 3 N–H and O–H groups in total. The maximum Gasteiger partial charge on any atom is 0.332 e. The smallest absolute Gasteiger partial charge is 0.332 e. The average molecular weight is 575 g/mol. The maximum atomic E-state index is 13.3. The van der Waals surface area contributed by atoms with Crippen molar-refractivity contribution in [2.24, 2.45) is 5.92 Å². The molecule has 2 unspecified atom stereocenters. The molecule has 2 atom stereocenters. The lowest BCUT2D eigenvalue weighted by Crippen LogP contribution is -2.42. The summed E-state index contributed by atoms with van der Waals surface area (Å²) in [6.45, 7) is 16.2. The van der Waals surface area contributed by atoms with Crippen molar-refractivity contribution in [1.29, 1.82) is 0 Å². The Hall–Kier alpha value is -4.98. The molecule has 0 aromatic carbocycles. The molecule has 0 saturated heterocycles. The number of aliphatic carboxylic acids is 1. The Morgan fingerprint density at radius 3 is 1.98 bits per heavy atom. The van der Waals surface area contributed by atoms with Gasteiger partial charge in [0.1, 0.15) is 5.92 Å². The highest BCUT2D eigenvalue weighted by atomic mass is 16.5. The number of ether oxygens (including phenoxy) is 1. The highest BCUT2D eigenvalue weighted by molar-refractivity contribution is 6.01. The number of aromatic amines is 2. The van der Waals surface area contributed by atoms with Crippen LogP contribution >= 0.6 is 0 Å². The van der Waals surface area contributed by atoms with E-state index in [2.05, 4.69) is 50.3 Å². The summed E-state index contributed by atoms with van der Waals surface area (Å²) in [7, 11) is 1.28. The lowest BCUT2D eigenvalue weighted by atomic mass is 9.64.